The first-order valence-electron chi connectivity index (χ1n) is 11.3. The third kappa shape index (κ3) is 2.99. The van der Waals surface area contributed by atoms with Crippen LogP contribution in [0.15, 0.2) is 128 Å². The summed E-state index contributed by atoms with van der Waals surface area (Å²) in [4.78, 5) is 0. The van der Waals surface area contributed by atoms with Crippen LogP contribution in [0.4, 0.5) is 0 Å². The SMILES string of the molecule is C=C/C=C(\C=C)c1ccc2c(c1)C(c1ccccc1)(c1ccccc1)C1=CCC(C)C=C12. The summed E-state index contributed by atoms with van der Waals surface area (Å²) in [7, 11) is 0. The topological polar surface area (TPSA) is 0 Å². The van der Waals surface area contributed by atoms with Crippen molar-refractivity contribution in [1.29, 1.82) is 0 Å². The molecule has 0 heteroatoms. The van der Waals surface area contributed by atoms with Crippen LogP contribution in [0.5, 0.6) is 0 Å². The van der Waals surface area contributed by atoms with E-state index in [0.717, 1.165) is 12.0 Å². The Hall–Kier alpha value is -3.64. The van der Waals surface area contributed by atoms with Gasteiger partial charge in [-0.1, -0.05) is 123 Å². The maximum Gasteiger partial charge on any atom is 0.0710 e. The highest BCUT2D eigenvalue weighted by molar-refractivity contribution is 5.95. The summed E-state index contributed by atoms with van der Waals surface area (Å²) in [6.45, 7) is 10.2. The molecule has 0 heterocycles. The standard InChI is InChI=1S/C32H28/c1-4-12-24(5-2)25-18-19-28-29-21-23(3)17-20-30(29)32(31(28)22-25,26-13-8-6-9-14-26)27-15-10-7-11-16-27/h4-16,18-23H,1-2,17H2,3H3/b24-12+. The molecule has 3 aromatic rings. The van der Waals surface area contributed by atoms with Crippen molar-refractivity contribution in [2.75, 3.05) is 0 Å². The van der Waals surface area contributed by atoms with Gasteiger partial charge in [0.05, 0.1) is 5.41 Å². The molecule has 0 bridgehead atoms. The largest absolute Gasteiger partial charge is 0.0990 e. The number of allylic oxidation sites excluding steroid dienone is 8. The molecular weight excluding hydrogens is 384 g/mol. The van der Waals surface area contributed by atoms with Crippen molar-refractivity contribution >= 4 is 11.1 Å². The van der Waals surface area contributed by atoms with Crippen LogP contribution in [0.2, 0.25) is 0 Å². The zero-order valence-electron chi connectivity index (χ0n) is 18.6. The van der Waals surface area contributed by atoms with E-state index >= 15 is 0 Å². The van der Waals surface area contributed by atoms with Gasteiger partial charge in [0.15, 0.2) is 0 Å². The molecule has 0 saturated heterocycles. The zero-order chi connectivity index (χ0) is 22.1. The van der Waals surface area contributed by atoms with E-state index in [4.69, 9.17) is 0 Å². The Balaban J connectivity index is 1.91. The number of rotatable bonds is 5. The fourth-order valence-electron chi connectivity index (χ4n) is 5.43. The molecule has 0 nitrogen and oxygen atoms in total. The Morgan fingerprint density at radius 3 is 2.16 bits per heavy atom. The Morgan fingerprint density at radius 1 is 0.906 bits per heavy atom. The van der Waals surface area contributed by atoms with Crippen molar-refractivity contribution < 1.29 is 0 Å². The van der Waals surface area contributed by atoms with Gasteiger partial charge in [0.25, 0.3) is 0 Å². The number of benzene rings is 3. The van der Waals surface area contributed by atoms with Gasteiger partial charge in [-0.05, 0) is 62.9 Å². The monoisotopic (exact) mass is 412 g/mol. The average molecular weight is 413 g/mol. The molecule has 0 aromatic heterocycles. The summed E-state index contributed by atoms with van der Waals surface area (Å²) >= 11 is 0. The van der Waals surface area contributed by atoms with Gasteiger partial charge in [0.1, 0.15) is 0 Å². The highest BCUT2D eigenvalue weighted by atomic mass is 14.5. The van der Waals surface area contributed by atoms with Crippen molar-refractivity contribution in [2.45, 2.75) is 18.8 Å². The Kier molecular flexibility index (Phi) is 5.15. The second kappa shape index (κ2) is 8.13. The van der Waals surface area contributed by atoms with Crippen molar-refractivity contribution in [3.8, 4) is 0 Å². The summed E-state index contributed by atoms with van der Waals surface area (Å²) < 4.78 is 0. The Labute approximate surface area is 191 Å². The lowest BCUT2D eigenvalue weighted by molar-refractivity contribution is 0.704. The maximum atomic E-state index is 4.05. The van der Waals surface area contributed by atoms with Crippen LogP contribution in [0.1, 0.15) is 41.2 Å². The lowest BCUT2D eigenvalue weighted by atomic mass is 9.66. The van der Waals surface area contributed by atoms with E-state index in [-0.39, 0.29) is 5.41 Å². The second-order valence-corrected chi connectivity index (χ2v) is 8.72. The molecule has 32 heavy (non-hydrogen) atoms. The van der Waals surface area contributed by atoms with Crippen molar-refractivity contribution in [2.24, 2.45) is 5.92 Å². The van der Waals surface area contributed by atoms with Gasteiger partial charge in [-0.2, -0.15) is 0 Å². The molecule has 0 amide bonds. The van der Waals surface area contributed by atoms with Gasteiger partial charge in [-0.3, -0.25) is 0 Å². The summed E-state index contributed by atoms with van der Waals surface area (Å²) in [6.07, 6.45) is 11.8. The molecule has 3 aromatic carbocycles. The molecule has 0 spiro atoms. The first kappa shape index (κ1) is 20.3. The normalized spacial score (nSPS) is 18.8. The smallest absolute Gasteiger partial charge is 0.0710 e. The Bertz CT molecular complexity index is 1230. The average Bonchev–Trinajstić information content (AvgIpc) is 3.13. The first-order chi connectivity index (χ1) is 15.7. The van der Waals surface area contributed by atoms with E-state index in [1.54, 1.807) is 0 Å². The van der Waals surface area contributed by atoms with Gasteiger partial charge in [0.2, 0.25) is 0 Å². The fourth-order valence-corrected chi connectivity index (χ4v) is 5.43. The maximum absolute atomic E-state index is 4.05. The predicted molar refractivity (Wildman–Crippen MR) is 137 cm³/mol. The lowest BCUT2D eigenvalue weighted by Gasteiger charge is -2.35. The number of fused-ring (bicyclic) bond motifs is 3. The van der Waals surface area contributed by atoms with Crippen LogP contribution in [-0.2, 0) is 5.41 Å². The van der Waals surface area contributed by atoms with Crippen molar-refractivity contribution in [3.63, 3.8) is 0 Å². The third-order valence-corrected chi connectivity index (χ3v) is 6.82. The molecule has 5 rings (SSSR count). The van der Waals surface area contributed by atoms with Crippen molar-refractivity contribution in [1.82, 2.24) is 0 Å². The number of hydrogen-bond acceptors (Lipinski definition) is 0. The second-order valence-electron chi connectivity index (χ2n) is 8.72. The highest BCUT2D eigenvalue weighted by Gasteiger charge is 2.48. The molecule has 1 unspecified atom stereocenters. The first-order valence-corrected chi connectivity index (χ1v) is 11.3. The van der Waals surface area contributed by atoms with Gasteiger partial charge in [-0.15, -0.1) is 0 Å². The molecule has 2 aliphatic rings. The summed E-state index contributed by atoms with van der Waals surface area (Å²) in [5.41, 5.74) is 10.0. The minimum absolute atomic E-state index is 0.333. The molecule has 2 aliphatic carbocycles. The van der Waals surface area contributed by atoms with E-state index in [1.165, 1.54) is 39.0 Å². The highest BCUT2D eigenvalue weighted by Crippen LogP contribution is 2.58. The predicted octanol–water partition coefficient (Wildman–Crippen LogP) is 8.14. The summed E-state index contributed by atoms with van der Waals surface area (Å²) in [5, 5.41) is 0. The van der Waals surface area contributed by atoms with Crippen molar-refractivity contribution in [3.05, 3.63) is 156 Å². The van der Waals surface area contributed by atoms with E-state index in [1.807, 2.05) is 18.2 Å². The van der Waals surface area contributed by atoms with E-state index in [9.17, 15) is 0 Å². The van der Waals surface area contributed by atoms with Crippen LogP contribution in [0.25, 0.3) is 11.1 Å². The van der Waals surface area contributed by atoms with E-state index in [2.05, 4.69) is 111 Å². The minimum atomic E-state index is -0.333. The van der Waals surface area contributed by atoms with E-state index < -0.39 is 0 Å². The molecule has 156 valence electrons. The van der Waals surface area contributed by atoms with Gasteiger partial charge in [-0.25, -0.2) is 0 Å². The molecule has 0 fully saturated rings. The van der Waals surface area contributed by atoms with Crippen LogP contribution in [0, 0.1) is 5.92 Å². The van der Waals surface area contributed by atoms with Gasteiger partial charge >= 0.3 is 0 Å². The molecule has 1 atom stereocenters. The van der Waals surface area contributed by atoms with Gasteiger partial charge < -0.3 is 0 Å². The molecule has 0 aliphatic heterocycles. The zero-order valence-corrected chi connectivity index (χ0v) is 18.6. The third-order valence-electron chi connectivity index (χ3n) is 6.82. The quantitative estimate of drug-likeness (QED) is 0.371. The minimum Gasteiger partial charge on any atom is -0.0990 e. The molecular formula is C32H28. The van der Waals surface area contributed by atoms with Crippen LogP contribution < -0.4 is 0 Å². The summed E-state index contributed by atoms with van der Waals surface area (Å²) in [5.74, 6) is 0.535. The Morgan fingerprint density at radius 2 is 1.56 bits per heavy atom. The van der Waals surface area contributed by atoms with Crippen LogP contribution in [0.3, 0.4) is 0 Å². The molecule has 0 N–H and O–H groups in total. The van der Waals surface area contributed by atoms with E-state index in [0.29, 0.717) is 5.92 Å². The molecule has 0 radical (unpaired) electrons. The van der Waals surface area contributed by atoms with Gasteiger partial charge in [0, 0.05) is 0 Å². The lowest BCUT2D eigenvalue weighted by Crippen LogP contribution is -2.29. The van der Waals surface area contributed by atoms with Crippen LogP contribution in [-0.4, -0.2) is 0 Å². The fraction of sp³-hybridized carbons (Fsp3) is 0.125. The molecule has 0 saturated carbocycles. The van der Waals surface area contributed by atoms with Crippen LogP contribution >= 0.6 is 0 Å². The summed E-state index contributed by atoms with van der Waals surface area (Å²) in [6, 6.07) is 28.8. The number of hydrogen-bond donors (Lipinski definition) is 0.